The minimum Gasteiger partial charge on any atom is -0.371 e. The number of piperidine rings is 1. The third-order valence-electron chi connectivity index (χ3n) is 5.12. The van der Waals surface area contributed by atoms with Crippen LogP contribution in [0.1, 0.15) is 23.7 Å². The van der Waals surface area contributed by atoms with Gasteiger partial charge >= 0.3 is 6.03 Å². The molecule has 2 amide bonds. The number of carbonyl (C=O) groups excluding carboxylic acids is 1. The first-order valence-electron chi connectivity index (χ1n) is 9.61. The van der Waals surface area contributed by atoms with E-state index in [0.717, 1.165) is 30.0 Å². The normalized spacial score (nSPS) is 18.8. The SMILES string of the molecule is Cc1cc(NC(=O)N[C@@H]2CCN(c3ccc(F)cc3)C[C@H]2c2ccc(Cl)cn2)sn1. The fourth-order valence-corrected chi connectivity index (χ4v) is 4.42. The van der Waals surface area contributed by atoms with Gasteiger partial charge in [-0.3, -0.25) is 10.3 Å². The first-order valence-corrected chi connectivity index (χ1v) is 10.8. The van der Waals surface area contributed by atoms with Gasteiger partial charge in [0.15, 0.2) is 0 Å². The summed E-state index contributed by atoms with van der Waals surface area (Å²) in [5, 5.41) is 7.21. The third kappa shape index (κ3) is 4.88. The number of amides is 2. The molecule has 0 saturated carbocycles. The van der Waals surface area contributed by atoms with Gasteiger partial charge < -0.3 is 10.2 Å². The first kappa shape index (κ1) is 20.6. The molecule has 3 aromatic rings. The van der Waals surface area contributed by atoms with Gasteiger partial charge in [0.1, 0.15) is 10.8 Å². The van der Waals surface area contributed by atoms with Crippen LogP contribution in [-0.4, -0.2) is 34.5 Å². The molecule has 9 heteroatoms. The van der Waals surface area contributed by atoms with E-state index in [1.165, 1.54) is 23.7 Å². The molecule has 1 aromatic carbocycles. The molecule has 2 N–H and O–H groups in total. The van der Waals surface area contributed by atoms with E-state index < -0.39 is 0 Å². The van der Waals surface area contributed by atoms with E-state index in [0.29, 0.717) is 16.6 Å². The summed E-state index contributed by atoms with van der Waals surface area (Å²) in [6, 6.07) is 11.6. The summed E-state index contributed by atoms with van der Waals surface area (Å²) in [4.78, 5) is 19.2. The van der Waals surface area contributed by atoms with Crippen molar-refractivity contribution in [1.82, 2.24) is 14.7 Å². The number of nitrogens with one attached hydrogen (secondary N) is 2. The quantitative estimate of drug-likeness (QED) is 0.603. The third-order valence-corrected chi connectivity index (χ3v) is 6.14. The van der Waals surface area contributed by atoms with Crippen molar-refractivity contribution in [3.63, 3.8) is 0 Å². The molecular weight excluding hydrogens is 425 g/mol. The zero-order valence-electron chi connectivity index (χ0n) is 16.3. The van der Waals surface area contributed by atoms with Crippen LogP contribution >= 0.6 is 23.1 Å². The molecule has 1 fully saturated rings. The monoisotopic (exact) mass is 445 g/mol. The van der Waals surface area contributed by atoms with Crippen molar-refractivity contribution in [1.29, 1.82) is 0 Å². The Hall–Kier alpha value is -2.71. The van der Waals surface area contributed by atoms with Crippen LogP contribution in [0.15, 0.2) is 48.7 Å². The second-order valence-electron chi connectivity index (χ2n) is 7.26. The van der Waals surface area contributed by atoms with Crippen molar-refractivity contribution in [2.45, 2.75) is 25.3 Å². The maximum atomic E-state index is 13.3. The predicted molar refractivity (Wildman–Crippen MR) is 118 cm³/mol. The van der Waals surface area contributed by atoms with E-state index in [2.05, 4.69) is 24.9 Å². The summed E-state index contributed by atoms with van der Waals surface area (Å²) in [5.41, 5.74) is 2.66. The highest BCUT2D eigenvalue weighted by molar-refractivity contribution is 7.10. The summed E-state index contributed by atoms with van der Waals surface area (Å²) in [6.45, 7) is 3.26. The number of hydrogen-bond donors (Lipinski definition) is 2. The molecular formula is C21H21ClFN5OS. The van der Waals surface area contributed by atoms with E-state index in [4.69, 9.17) is 11.6 Å². The van der Waals surface area contributed by atoms with Crippen LogP contribution < -0.4 is 15.5 Å². The second-order valence-corrected chi connectivity index (χ2v) is 8.50. The summed E-state index contributed by atoms with van der Waals surface area (Å²) in [5.74, 6) is -0.309. The van der Waals surface area contributed by atoms with Gasteiger partial charge in [-0.2, -0.15) is 4.37 Å². The number of rotatable bonds is 4. The number of carbonyl (C=O) groups is 1. The van der Waals surface area contributed by atoms with Gasteiger partial charge in [0.2, 0.25) is 0 Å². The zero-order chi connectivity index (χ0) is 21.1. The minimum atomic E-state index is -0.266. The lowest BCUT2D eigenvalue weighted by Gasteiger charge is -2.39. The standard InChI is InChI=1S/C21H21ClFN5OS/c1-13-10-20(30-27-13)26-21(29)25-19-8-9-28(16-5-3-15(23)4-6-16)12-17(19)18-7-2-14(22)11-24-18/h2-7,10-11,17,19H,8-9,12H2,1H3,(H2,25,26,29)/t17-,19+/m0/s1. The molecule has 6 nitrogen and oxygen atoms in total. The van der Waals surface area contributed by atoms with Crippen LogP contribution in [0.2, 0.25) is 5.02 Å². The number of aromatic nitrogens is 2. The first-order chi connectivity index (χ1) is 14.5. The van der Waals surface area contributed by atoms with E-state index >= 15 is 0 Å². The minimum absolute atomic E-state index is 0.0463. The lowest BCUT2D eigenvalue weighted by atomic mass is 9.88. The lowest BCUT2D eigenvalue weighted by molar-refractivity contribution is 0.243. The van der Waals surface area contributed by atoms with Gasteiger partial charge in [0.05, 0.1) is 10.7 Å². The van der Waals surface area contributed by atoms with Gasteiger partial charge in [-0.1, -0.05) is 11.6 Å². The Kier molecular flexibility index (Phi) is 6.15. The topological polar surface area (TPSA) is 70.2 Å². The molecule has 3 heterocycles. The Balaban J connectivity index is 1.52. The fraction of sp³-hybridized carbons (Fsp3) is 0.286. The molecule has 1 aliphatic heterocycles. The maximum Gasteiger partial charge on any atom is 0.320 e. The van der Waals surface area contributed by atoms with Crippen molar-refractivity contribution in [3.05, 3.63) is 70.9 Å². The number of halogens is 2. The molecule has 30 heavy (non-hydrogen) atoms. The number of anilines is 2. The van der Waals surface area contributed by atoms with Gasteiger partial charge in [0.25, 0.3) is 0 Å². The van der Waals surface area contributed by atoms with Gasteiger partial charge in [-0.25, -0.2) is 9.18 Å². The molecule has 0 bridgehead atoms. The number of hydrogen-bond acceptors (Lipinski definition) is 5. The fourth-order valence-electron chi connectivity index (χ4n) is 3.66. The average molecular weight is 446 g/mol. The van der Waals surface area contributed by atoms with E-state index in [9.17, 15) is 9.18 Å². The van der Waals surface area contributed by atoms with E-state index in [1.54, 1.807) is 24.4 Å². The molecule has 2 aromatic heterocycles. The van der Waals surface area contributed by atoms with E-state index in [1.807, 2.05) is 19.1 Å². The summed E-state index contributed by atoms with van der Waals surface area (Å²) >= 11 is 7.26. The average Bonchev–Trinajstić information content (AvgIpc) is 3.14. The largest absolute Gasteiger partial charge is 0.371 e. The highest BCUT2D eigenvalue weighted by atomic mass is 35.5. The van der Waals surface area contributed by atoms with Crippen molar-refractivity contribution in [3.8, 4) is 0 Å². The van der Waals surface area contributed by atoms with Crippen molar-refractivity contribution >= 4 is 39.9 Å². The Morgan fingerprint density at radius 3 is 2.73 bits per heavy atom. The van der Waals surface area contributed by atoms with Crippen LogP contribution in [0, 0.1) is 12.7 Å². The second kappa shape index (κ2) is 8.97. The molecule has 156 valence electrons. The van der Waals surface area contributed by atoms with Crippen LogP contribution in [0.4, 0.5) is 19.9 Å². The number of nitrogens with zero attached hydrogens (tertiary/aromatic N) is 3. The Morgan fingerprint density at radius 2 is 2.07 bits per heavy atom. The van der Waals surface area contributed by atoms with Crippen LogP contribution in [0.5, 0.6) is 0 Å². The van der Waals surface area contributed by atoms with Crippen molar-refractivity contribution in [2.75, 3.05) is 23.3 Å². The van der Waals surface area contributed by atoms with Crippen LogP contribution in [0.3, 0.4) is 0 Å². The number of urea groups is 1. The molecule has 4 rings (SSSR count). The number of benzene rings is 1. The maximum absolute atomic E-state index is 13.3. The number of pyridine rings is 1. The number of aryl methyl sites for hydroxylation is 1. The molecule has 0 aliphatic carbocycles. The van der Waals surface area contributed by atoms with Crippen LogP contribution in [-0.2, 0) is 0 Å². The zero-order valence-corrected chi connectivity index (χ0v) is 17.9. The molecule has 2 atom stereocenters. The molecule has 0 spiro atoms. The molecule has 0 radical (unpaired) electrons. The molecule has 0 unspecified atom stereocenters. The van der Waals surface area contributed by atoms with Gasteiger partial charge in [-0.05, 0) is 67.3 Å². The van der Waals surface area contributed by atoms with E-state index in [-0.39, 0.29) is 23.8 Å². The lowest BCUT2D eigenvalue weighted by Crippen LogP contribution is -2.51. The van der Waals surface area contributed by atoms with Crippen LogP contribution in [0.25, 0.3) is 0 Å². The summed E-state index contributed by atoms with van der Waals surface area (Å²) < 4.78 is 17.5. The molecule has 1 aliphatic rings. The summed E-state index contributed by atoms with van der Waals surface area (Å²) in [7, 11) is 0. The predicted octanol–water partition coefficient (Wildman–Crippen LogP) is 4.82. The summed E-state index contributed by atoms with van der Waals surface area (Å²) in [6.07, 6.45) is 2.34. The van der Waals surface area contributed by atoms with Gasteiger partial charge in [-0.15, -0.1) is 0 Å². The Bertz CT molecular complexity index is 1010. The van der Waals surface area contributed by atoms with Crippen molar-refractivity contribution < 1.29 is 9.18 Å². The molecule has 1 saturated heterocycles. The highest BCUT2D eigenvalue weighted by Gasteiger charge is 2.32. The Labute approximate surface area is 183 Å². The van der Waals surface area contributed by atoms with Crippen molar-refractivity contribution in [2.24, 2.45) is 0 Å². The van der Waals surface area contributed by atoms with Gasteiger partial charge in [0, 0.05) is 42.6 Å². The Morgan fingerprint density at radius 1 is 1.27 bits per heavy atom. The highest BCUT2D eigenvalue weighted by Crippen LogP contribution is 2.30. The smallest absolute Gasteiger partial charge is 0.320 e.